The maximum Gasteiger partial charge on any atom is 0.371 e. The second kappa shape index (κ2) is 5.11. The molecule has 0 saturated heterocycles. The first-order valence-corrected chi connectivity index (χ1v) is 6.97. The Morgan fingerprint density at radius 1 is 1.39 bits per heavy atom. The molecule has 6 nitrogen and oxygen atoms in total. The van der Waals surface area contributed by atoms with Gasteiger partial charge in [-0.3, -0.25) is 0 Å². The van der Waals surface area contributed by atoms with Gasteiger partial charge in [0.05, 0.1) is 18.0 Å². The molecule has 7 heteroatoms. The minimum absolute atomic E-state index is 0.0228. The molecule has 1 rings (SSSR count). The van der Waals surface area contributed by atoms with E-state index < -0.39 is 27.2 Å². The highest BCUT2D eigenvalue weighted by Crippen LogP contribution is 2.16. The first-order valence-electron chi connectivity index (χ1n) is 5.32. The SMILES string of the molecule is CC(C)(C)OCCS(=O)(=O)c1ccc(C(=O)O)o1. The highest BCUT2D eigenvalue weighted by Gasteiger charge is 2.22. The molecule has 0 radical (unpaired) electrons. The molecule has 0 spiro atoms. The van der Waals surface area contributed by atoms with Crippen LogP contribution in [0.5, 0.6) is 0 Å². The van der Waals surface area contributed by atoms with E-state index >= 15 is 0 Å². The number of ether oxygens (including phenoxy) is 1. The van der Waals surface area contributed by atoms with Gasteiger partial charge < -0.3 is 14.3 Å². The second-order valence-corrected chi connectivity index (χ2v) is 6.74. The molecular weight excluding hydrogens is 260 g/mol. The van der Waals surface area contributed by atoms with Gasteiger partial charge in [0.1, 0.15) is 0 Å². The van der Waals surface area contributed by atoms with E-state index in [4.69, 9.17) is 14.3 Å². The van der Waals surface area contributed by atoms with Crippen LogP contribution in [-0.4, -0.2) is 37.5 Å². The largest absolute Gasteiger partial charge is 0.475 e. The Morgan fingerprint density at radius 2 is 2.00 bits per heavy atom. The van der Waals surface area contributed by atoms with Crippen LogP contribution in [0.4, 0.5) is 0 Å². The average molecular weight is 276 g/mol. The van der Waals surface area contributed by atoms with Gasteiger partial charge in [-0.2, -0.15) is 0 Å². The first kappa shape index (κ1) is 14.7. The Hall–Kier alpha value is -1.34. The molecule has 102 valence electrons. The van der Waals surface area contributed by atoms with Crippen molar-refractivity contribution in [3.63, 3.8) is 0 Å². The van der Waals surface area contributed by atoms with E-state index in [9.17, 15) is 13.2 Å². The van der Waals surface area contributed by atoms with Gasteiger partial charge in [-0.25, -0.2) is 13.2 Å². The summed E-state index contributed by atoms with van der Waals surface area (Å²) in [6, 6.07) is 2.25. The van der Waals surface area contributed by atoms with Crippen molar-refractivity contribution in [3.8, 4) is 0 Å². The Bertz CT molecular complexity index is 520. The molecule has 0 aromatic carbocycles. The summed E-state index contributed by atoms with van der Waals surface area (Å²) >= 11 is 0. The number of sulfone groups is 1. The highest BCUT2D eigenvalue weighted by molar-refractivity contribution is 7.91. The lowest BCUT2D eigenvalue weighted by Crippen LogP contribution is -2.23. The fourth-order valence-corrected chi connectivity index (χ4v) is 2.16. The van der Waals surface area contributed by atoms with Crippen LogP contribution in [0.2, 0.25) is 0 Å². The van der Waals surface area contributed by atoms with Gasteiger partial charge in [-0.05, 0) is 32.9 Å². The van der Waals surface area contributed by atoms with Crippen LogP contribution in [-0.2, 0) is 14.6 Å². The lowest BCUT2D eigenvalue weighted by Gasteiger charge is -2.18. The summed E-state index contributed by atoms with van der Waals surface area (Å²) in [5, 5.41) is 8.28. The molecular formula is C11H16O6S. The Morgan fingerprint density at radius 3 is 2.44 bits per heavy atom. The van der Waals surface area contributed by atoms with E-state index in [-0.39, 0.29) is 17.5 Å². The third kappa shape index (κ3) is 4.15. The molecule has 1 heterocycles. The molecule has 0 amide bonds. The molecule has 0 aliphatic carbocycles. The van der Waals surface area contributed by atoms with Gasteiger partial charge in [0.25, 0.3) is 0 Å². The van der Waals surface area contributed by atoms with Crippen LogP contribution in [0.25, 0.3) is 0 Å². The Balaban J connectivity index is 2.71. The number of rotatable bonds is 5. The molecule has 1 aromatic rings. The van der Waals surface area contributed by atoms with Crippen LogP contribution >= 0.6 is 0 Å². The van der Waals surface area contributed by atoms with Crippen molar-refractivity contribution >= 4 is 15.8 Å². The van der Waals surface area contributed by atoms with Crippen molar-refractivity contribution in [1.29, 1.82) is 0 Å². The second-order valence-electron chi connectivity index (χ2n) is 4.70. The van der Waals surface area contributed by atoms with Crippen LogP contribution < -0.4 is 0 Å². The molecule has 0 unspecified atom stereocenters. The van der Waals surface area contributed by atoms with Crippen molar-refractivity contribution in [1.82, 2.24) is 0 Å². The van der Waals surface area contributed by atoms with E-state index in [0.29, 0.717) is 0 Å². The standard InChI is InChI=1S/C11H16O6S/c1-11(2,3)16-6-7-18(14,15)9-5-4-8(17-9)10(12)13/h4-5H,6-7H2,1-3H3,(H,12,13). The van der Waals surface area contributed by atoms with E-state index in [0.717, 1.165) is 12.1 Å². The summed E-state index contributed by atoms with van der Waals surface area (Å²) in [5.41, 5.74) is -0.426. The monoisotopic (exact) mass is 276 g/mol. The zero-order valence-corrected chi connectivity index (χ0v) is 11.3. The predicted molar refractivity (Wildman–Crippen MR) is 63.4 cm³/mol. The topological polar surface area (TPSA) is 93.8 Å². The molecule has 0 fully saturated rings. The van der Waals surface area contributed by atoms with E-state index in [1.807, 2.05) is 20.8 Å². The first-order chi connectivity index (χ1) is 8.12. The molecule has 1 aromatic heterocycles. The maximum atomic E-state index is 11.8. The van der Waals surface area contributed by atoms with Crippen molar-refractivity contribution in [3.05, 3.63) is 17.9 Å². The third-order valence-corrected chi connectivity index (χ3v) is 3.52. The maximum absolute atomic E-state index is 11.8. The molecule has 0 aliphatic heterocycles. The van der Waals surface area contributed by atoms with Gasteiger partial charge in [0.15, 0.2) is 0 Å². The van der Waals surface area contributed by atoms with Gasteiger partial charge in [-0.1, -0.05) is 0 Å². The summed E-state index contributed by atoms with van der Waals surface area (Å²) < 4.78 is 33.6. The molecule has 0 bridgehead atoms. The van der Waals surface area contributed by atoms with Crippen LogP contribution in [0.1, 0.15) is 31.3 Å². The number of carbonyl (C=O) groups is 1. The minimum Gasteiger partial charge on any atom is -0.475 e. The lowest BCUT2D eigenvalue weighted by atomic mass is 10.2. The zero-order valence-electron chi connectivity index (χ0n) is 10.5. The highest BCUT2D eigenvalue weighted by atomic mass is 32.2. The summed E-state index contributed by atoms with van der Waals surface area (Å²) in [4.78, 5) is 10.6. The fraction of sp³-hybridized carbons (Fsp3) is 0.545. The number of hydrogen-bond acceptors (Lipinski definition) is 5. The van der Waals surface area contributed by atoms with Crippen LogP contribution in [0, 0.1) is 0 Å². The van der Waals surface area contributed by atoms with E-state index in [1.54, 1.807) is 0 Å². The molecule has 1 N–H and O–H groups in total. The van der Waals surface area contributed by atoms with Crippen molar-refractivity contribution in [2.75, 3.05) is 12.4 Å². The van der Waals surface area contributed by atoms with Gasteiger partial charge in [-0.15, -0.1) is 0 Å². The number of hydrogen-bond donors (Lipinski definition) is 1. The number of aromatic carboxylic acids is 1. The predicted octanol–water partition coefficient (Wildman–Crippen LogP) is 1.57. The van der Waals surface area contributed by atoms with Crippen molar-refractivity contribution in [2.45, 2.75) is 31.5 Å². The van der Waals surface area contributed by atoms with Gasteiger partial charge in [0, 0.05) is 0 Å². The van der Waals surface area contributed by atoms with E-state index in [2.05, 4.69) is 0 Å². The Kier molecular flexibility index (Phi) is 4.18. The fourth-order valence-electron chi connectivity index (χ4n) is 1.16. The summed E-state index contributed by atoms with van der Waals surface area (Å²) in [6.07, 6.45) is 0. The molecule has 0 aliphatic rings. The van der Waals surface area contributed by atoms with Crippen molar-refractivity contribution < 1.29 is 27.5 Å². The van der Waals surface area contributed by atoms with Gasteiger partial charge in [0.2, 0.25) is 20.7 Å². The van der Waals surface area contributed by atoms with Crippen LogP contribution in [0.15, 0.2) is 21.6 Å². The van der Waals surface area contributed by atoms with E-state index in [1.165, 1.54) is 0 Å². The minimum atomic E-state index is -3.65. The average Bonchev–Trinajstić information content (AvgIpc) is 2.63. The smallest absolute Gasteiger partial charge is 0.371 e. The summed E-state index contributed by atoms with van der Waals surface area (Å²) in [5.74, 6) is -1.95. The molecule has 0 saturated carbocycles. The number of furan rings is 1. The Labute approximate surface area is 105 Å². The quantitative estimate of drug-likeness (QED) is 0.877. The van der Waals surface area contributed by atoms with Crippen molar-refractivity contribution in [2.24, 2.45) is 0 Å². The van der Waals surface area contributed by atoms with Crippen LogP contribution in [0.3, 0.4) is 0 Å². The third-order valence-electron chi connectivity index (χ3n) is 1.99. The normalized spacial score (nSPS) is 12.6. The lowest BCUT2D eigenvalue weighted by molar-refractivity contribution is 0.00637. The summed E-state index contributed by atoms with van der Waals surface area (Å²) in [6.45, 7) is 5.47. The summed E-state index contributed by atoms with van der Waals surface area (Å²) in [7, 11) is -3.65. The van der Waals surface area contributed by atoms with Gasteiger partial charge >= 0.3 is 5.97 Å². The zero-order chi connectivity index (χ0) is 14.0. The number of carboxylic acid groups (broad SMARTS) is 1. The number of carboxylic acids is 1. The molecule has 0 atom stereocenters. The molecule has 18 heavy (non-hydrogen) atoms.